The third-order valence-electron chi connectivity index (χ3n) is 10.4. The molecule has 40 heavy (non-hydrogen) atoms. The second kappa shape index (κ2) is 15.1. The highest BCUT2D eigenvalue weighted by atomic mass is 19.4. The quantitative estimate of drug-likeness (QED) is 0.192. The van der Waals surface area contributed by atoms with Crippen molar-refractivity contribution in [1.82, 2.24) is 0 Å². The largest absolute Gasteiger partial charge is 0.491 e. The van der Waals surface area contributed by atoms with Gasteiger partial charge >= 0.3 is 6.18 Å². The van der Waals surface area contributed by atoms with Crippen LogP contribution in [-0.2, 0) is 12.6 Å². The highest BCUT2D eigenvalue weighted by molar-refractivity contribution is 5.39. The third-order valence-corrected chi connectivity index (χ3v) is 10.4. The smallest absolute Gasteiger partial charge is 0.419 e. The van der Waals surface area contributed by atoms with E-state index in [-0.39, 0.29) is 24.3 Å². The molecule has 0 radical (unpaired) electrons. The molecular formula is C35H52F4O. The van der Waals surface area contributed by atoms with Crippen molar-refractivity contribution in [2.24, 2.45) is 35.5 Å². The second-order valence-electron chi connectivity index (χ2n) is 13.2. The van der Waals surface area contributed by atoms with E-state index >= 15 is 0 Å². The lowest BCUT2D eigenvalue weighted by atomic mass is 9.68. The minimum atomic E-state index is -4.72. The van der Waals surface area contributed by atoms with E-state index in [4.69, 9.17) is 4.74 Å². The zero-order valence-corrected chi connectivity index (χ0v) is 24.9. The number of ether oxygens (including phenoxy) is 1. The Morgan fingerprint density at radius 2 is 1.25 bits per heavy atom. The van der Waals surface area contributed by atoms with Crippen LogP contribution >= 0.6 is 0 Å². The first-order valence-electron chi connectivity index (χ1n) is 16.5. The zero-order valence-electron chi connectivity index (χ0n) is 24.9. The Kier molecular flexibility index (Phi) is 11.9. The van der Waals surface area contributed by atoms with Crippen molar-refractivity contribution in [2.45, 2.75) is 129 Å². The molecule has 3 aliphatic carbocycles. The molecule has 0 heterocycles. The van der Waals surface area contributed by atoms with E-state index < -0.39 is 17.6 Å². The number of hydrogen-bond acceptors (Lipinski definition) is 1. The lowest BCUT2D eigenvalue weighted by Crippen LogP contribution is -2.26. The Bertz CT molecular complexity index is 914. The molecule has 0 atom stereocenters. The first-order chi connectivity index (χ1) is 19.3. The van der Waals surface area contributed by atoms with Gasteiger partial charge in [0, 0.05) is 0 Å². The van der Waals surface area contributed by atoms with Crippen LogP contribution in [0.3, 0.4) is 0 Å². The van der Waals surface area contributed by atoms with E-state index in [1.54, 1.807) is 0 Å². The highest BCUT2D eigenvalue weighted by Gasteiger charge is 2.38. The van der Waals surface area contributed by atoms with Gasteiger partial charge in [-0.05, 0) is 131 Å². The van der Waals surface area contributed by atoms with Crippen molar-refractivity contribution in [3.05, 3.63) is 41.2 Å². The van der Waals surface area contributed by atoms with Gasteiger partial charge < -0.3 is 4.74 Å². The molecule has 0 spiro atoms. The Balaban J connectivity index is 1.19. The molecule has 1 nitrogen and oxygen atoms in total. The van der Waals surface area contributed by atoms with Gasteiger partial charge in [-0.25, -0.2) is 4.39 Å². The number of benzene rings is 1. The molecule has 226 valence electrons. The maximum absolute atomic E-state index is 14.7. The summed E-state index contributed by atoms with van der Waals surface area (Å²) in [6.07, 6.45) is 20.2. The van der Waals surface area contributed by atoms with Crippen molar-refractivity contribution in [1.29, 1.82) is 0 Å². The van der Waals surface area contributed by atoms with E-state index in [2.05, 4.69) is 19.1 Å². The molecule has 3 saturated carbocycles. The van der Waals surface area contributed by atoms with Gasteiger partial charge in [0.15, 0.2) is 11.6 Å². The van der Waals surface area contributed by atoms with E-state index in [1.165, 1.54) is 89.2 Å². The Hall–Kier alpha value is -1.52. The number of aryl methyl sites for hydroxylation is 1. The van der Waals surface area contributed by atoms with Gasteiger partial charge in [-0.3, -0.25) is 0 Å². The van der Waals surface area contributed by atoms with Gasteiger partial charge in [0.1, 0.15) is 0 Å². The van der Waals surface area contributed by atoms with Gasteiger partial charge in [0.25, 0.3) is 0 Å². The van der Waals surface area contributed by atoms with E-state index in [0.717, 1.165) is 42.4 Å². The van der Waals surface area contributed by atoms with Gasteiger partial charge in [-0.2, -0.15) is 13.2 Å². The summed E-state index contributed by atoms with van der Waals surface area (Å²) in [5.41, 5.74) is -1.07. The van der Waals surface area contributed by atoms with Crippen molar-refractivity contribution in [3.63, 3.8) is 0 Å². The molecule has 1 aromatic rings. The lowest BCUT2D eigenvalue weighted by molar-refractivity contribution is -0.140. The number of rotatable bonds is 11. The van der Waals surface area contributed by atoms with Crippen molar-refractivity contribution in [3.8, 4) is 5.75 Å². The van der Waals surface area contributed by atoms with E-state index in [9.17, 15) is 17.6 Å². The Morgan fingerprint density at radius 1 is 0.725 bits per heavy atom. The van der Waals surface area contributed by atoms with Gasteiger partial charge in [0.2, 0.25) is 0 Å². The van der Waals surface area contributed by atoms with Crippen molar-refractivity contribution >= 4 is 0 Å². The highest BCUT2D eigenvalue weighted by Crippen LogP contribution is 2.44. The summed E-state index contributed by atoms with van der Waals surface area (Å²) in [5, 5.41) is 0. The summed E-state index contributed by atoms with van der Waals surface area (Å²) in [6.45, 7) is 4.35. The fraction of sp³-hybridized carbons (Fsp3) is 0.771. The lowest BCUT2D eigenvalue weighted by Gasteiger charge is -2.37. The Labute approximate surface area is 240 Å². The molecule has 0 unspecified atom stereocenters. The van der Waals surface area contributed by atoms with Gasteiger partial charge in [-0.15, -0.1) is 0 Å². The third kappa shape index (κ3) is 8.74. The van der Waals surface area contributed by atoms with Crippen LogP contribution in [0.4, 0.5) is 17.6 Å². The molecule has 0 aliphatic heterocycles. The minimum absolute atomic E-state index is 0.0661. The first-order valence-corrected chi connectivity index (χ1v) is 16.5. The molecule has 0 N–H and O–H groups in total. The van der Waals surface area contributed by atoms with Crippen LogP contribution in [0.1, 0.15) is 128 Å². The predicted octanol–water partition coefficient (Wildman–Crippen LogP) is 11.3. The summed E-state index contributed by atoms with van der Waals surface area (Å²) >= 11 is 0. The van der Waals surface area contributed by atoms with Crippen LogP contribution in [0.5, 0.6) is 5.75 Å². The van der Waals surface area contributed by atoms with Gasteiger partial charge in [0.05, 0.1) is 12.2 Å². The molecule has 1 aromatic carbocycles. The van der Waals surface area contributed by atoms with Crippen LogP contribution in [-0.4, -0.2) is 6.61 Å². The summed E-state index contributed by atoms with van der Waals surface area (Å²) in [4.78, 5) is 0. The molecule has 3 fully saturated rings. The standard InChI is InChI=1S/C35H52F4O/c1-3-5-25-6-8-26(9-7-25)10-11-27-12-17-29(18-13-27)30-19-14-28(15-20-30)16-21-31-22-23-32(40-24-4-2)34(36)33(31)35(37,38)39/h10-11,22-23,25-30H,3-9,12-21,24H2,1-2H3. The average Bonchev–Trinajstić information content (AvgIpc) is 2.95. The normalized spacial score (nSPS) is 30.1. The fourth-order valence-electron chi connectivity index (χ4n) is 7.94. The fourth-order valence-corrected chi connectivity index (χ4v) is 7.94. The topological polar surface area (TPSA) is 9.23 Å². The number of hydrogen-bond donors (Lipinski definition) is 0. The molecular weight excluding hydrogens is 512 g/mol. The summed E-state index contributed by atoms with van der Waals surface area (Å²) in [5.74, 6) is 3.00. The molecule has 5 heteroatoms. The summed E-state index contributed by atoms with van der Waals surface area (Å²) in [7, 11) is 0. The van der Waals surface area contributed by atoms with Crippen molar-refractivity contribution < 1.29 is 22.3 Å². The summed E-state index contributed by atoms with van der Waals surface area (Å²) in [6, 6.07) is 2.79. The molecule has 4 rings (SSSR count). The van der Waals surface area contributed by atoms with E-state index in [0.29, 0.717) is 18.8 Å². The molecule has 3 aliphatic rings. The van der Waals surface area contributed by atoms with Crippen molar-refractivity contribution in [2.75, 3.05) is 6.61 Å². The SMILES string of the molecule is CCCOc1ccc(CCC2CCC(C3CCC(C=CC4CCC(CCC)CC4)CC3)CC2)c(C(F)(F)F)c1F. The second-order valence-corrected chi connectivity index (χ2v) is 13.2. The number of allylic oxidation sites excluding steroid dienone is 2. The minimum Gasteiger partial charge on any atom is -0.491 e. The Morgan fingerprint density at radius 3 is 1.80 bits per heavy atom. The van der Waals surface area contributed by atoms with Crippen LogP contribution < -0.4 is 4.74 Å². The van der Waals surface area contributed by atoms with E-state index in [1.807, 2.05) is 6.92 Å². The van der Waals surface area contributed by atoms with Crippen LogP contribution in [0.15, 0.2) is 24.3 Å². The maximum Gasteiger partial charge on any atom is 0.419 e. The first kappa shape index (κ1) is 31.4. The maximum atomic E-state index is 14.7. The molecule has 0 saturated heterocycles. The van der Waals surface area contributed by atoms with Crippen LogP contribution in [0.25, 0.3) is 0 Å². The molecule has 0 amide bonds. The summed E-state index contributed by atoms with van der Waals surface area (Å²) < 4.78 is 61.2. The van der Waals surface area contributed by atoms with Crippen LogP contribution in [0, 0.1) is 41.3 Å². The van der Waals surface area contributed by atoms with Gasteiger partial charge in [-0.1, -0.05) is 57.7 Å². The van der Waals surface area contributed by atoms with Crippen LogP contribution in [0.2, 0.25) is 0 Å². The number of halogens is 4. The monoisotopic (exact) mass is 564 g/mol. The predicted molar refractivity (Wildman–Crippen MR) is 156 cm³/mol. The number of alkyl halides is 3. The molecule has 0 aromatic heterocycles. The average molecular weight is 565 g/mol. The molecule has 0 bridgehead atoms. The zero-order chi connectivity index (χ0) is 28.5.